The van der Waals surface area contributed by atoms with Crippen LogP contribution in [0.25, 0.3) is 0 Å². The fraction of sp³-hybridized carbons (Fsp3) is 0.886. The summed E-state index contributed by atoms with van der Waals surface area (Å²) in [6.45, 7) is 1.76. The molecule has 0 saturated carbocycles. The smallest absolute Gasteiger partial charge is 0.220 e. The van der Waals surface area contributed by atoms with Crippen molar-refractivity contribution >= 4 is 5.91 Å². The predicted molar refractivity (Wildman–Crippen MR) is 388 cm³/mol. The van der Waals surface area contributed by atoms with Gasteiger partial charge in [-0.1, -0.05) is 300 Å². The van der Waals surface area contributed by atoms with Crippen molar-refractivity contribution in [1.29, 1.82) is 0 Å². The number of rotatable bonds is 63. The molecular formula is C79H145NO18. The number of hydrogen-bond acceptors (Lipinski definition) is 18. The summed E-state index contributed by atoms with van der Waals surface area (Å²) in [5.74, 6) is -0.277. The molecule has 3 fully saturated rings. The van der Waals surface area contributed by atoms with E-state index < -0.39 is 124 Å². The minimum Gasteiger partial charge on any atom is -0.394 e. The Morgan fingerprint density at radius 1 is 0.367 bits per heavy atom. The topological polar surface area (TPSA) is 307 Å². The minimum absolute atomic E-state index is 0.238. The van der Waals surface area contributed by atoms with Gasteiger partial charge in [0.05, 0.1) is 38.6 Å². The van der Waals surface area contributed by atoms with Gasteiger partial charge in [0.1, 0.15) is 73.2 Å². The number of nitrogens with one attached hydrogen (secondary N) is 1. The summed E-state index contributed by atoms with van der Waals surface area (Å²) in [6, 6.07) is -0.978. The van der Waals surface area contributed by atoms with Crippen molar-refractivity contribution in [3.8, 4) is 0 Å². The van der Waals surface area contributed by atoms with Gasteiger partial charge in [-0.25, -0.2) is 0 Å². The average Bonchev–Trinajstić information content (AvgIpc) is 0.784. The van der Waals surface area contributed by atoms with Crippen molar-refractivity contribution in [3.05, 3.63) is 48.6 Å². The number of hydrogen-bond donors (Lipinski definition) is 12. The van der Waals surface area contributed by atoms with Gasteiger partial charge in [-0.3, -0.25) is 4.79 Å². The SMILES string of the molecule is CCCCCCC/C=C\C/C=C\C/C=C\CCCCCCCCCCCCC(=O)NC(COC1OC(CO)C(OC2OC(CO)C(OC3OC(CO)C(O)C(O)C3O)C(O)C2O)C(O)C1O)C(O)/C=C/CCCCCCCCCCCCCCCCCCCCCCCCCCCC. The van der Waals surface area contributed by atoms with Gasteiger partial charge < -0.3 is 89.9 Å². The molecule has 0 radical (unpaired) electrons. The zero-order chi connectivity index (χ0) is 71.1. The lowest BCUT2D eigenvalue weighted by Gasteiger charge is -2.48. The molecule has 12 N–H and O–H groups in total. The van der Waals surface area contributed by atoms with E-state index in [9.17, 15) is 61.0 Å². The third-order valence-corrected chi connectivity index (χ3v) is 19.9. The average molecular weight is 1400 g/mol. The summed E-state index contributed by atoms with van der Waals surface area (Å²) in [5, 5.41) is 121. The van der Waals surface area contributed by atoms with Gasteiger partial charge in [0.25, 0.3) is 0 Å². The summed E-state index contributed by atoms with van der Waals surface area (Å²) in [5.41, 5.74) is 0. The quantitative estimate of drug-likeness (QED) is 0.0199. The molecule has 17 atom stereocenters. The first kappa shape index (κ1) is 90.0. The Morgan fingerprint density at radius 3 is 1.05 bits per heavy atom. The fourth-order valence-corrected chi connectivity index (χ4v) is 13.4. The second kappa shape index (κ2) is 60.1. The Kier molecular flexibility index (Phi) is 55.1. The van der Waals surface area contributed by atoms with Crippen LogP contribution >= 0.6 is 0 Å². The van der Waals surface area contributed by atoms with Crippen molar-refractivity contribution in [3.63, 3.8) is 0 Å². The first-order valence-electron chi connectivity index (χ1n) is 39.9. The number of aliphatic hydroxyl groups excluding tert-OH is 11. The van der Waals surface area contributed by atoms with Crippen LogP contribution in [-0.4, -0.2) is 193 Å². The molecule has 3 rings (SSSR count). The zero-order valence-electron chi connectivity index (χ0n) is 61.3. The van der Waals surface area contributed by atoms with Crippen molar-refractivity contribution in [2.75, 3.05) is 26.4 Å². The van der Waals surface area contributed by atoms with Crippen molar-refractivity contribution in [1.82, 2.24) is 5.32 Å². The van der Waals surface area contributed by atoms with Crippen molar-refractivity contribution in [2.45, 2.75) is 420 Å². The highest BCUT2D eigenvalue weighted by Gasteiger charge is 2.54. The second-order valence-corrected chi connectivity index (χ2v) is 28.5. The molecule has 0 aromatic rings. The number of amides is 1. The van der Waals surface area contributed by atoms with Gasteiger partial charge in [0.15, 0.2) is 18.9 Å². The van der Waals surface area contributed by atoms with E-state index in [0.29, 0.717) is 6.42 Å². The van der Waals surface area contributed by atoms with E-state index in [1.165, 1.54) is 218 Å². The highest BCUT2D eigenvalue weighted by atomic mass is 16.8. The van der Waals surface area contributed by atoms with Gasteiger partial charge in [-0.15, -0.1) is 0 Å². The molecule has 98 heavy (non-hydrogen) atoms. The Hall–Kier alpha value is -2.25. The zero-order valence-corrected chi connectivity index (χ0v) is 61.3. The molecule has 0 aromatic carbocycles. The highest BCUT2D eigenvalue weighted by molar-refractivity contribution is 5.76. The van der Waals surface area contributed by atoms with E-state index >= 15 is 0 Å². The van der Waals surface area contributed by atoms with E-state index in [1.54, 1.807) is 6.08 Å². The van der Waals surface area contributed by atoms with Crippen molar-refractivity contribution < 1.29 is 89.4 Å². The number of carbonyl (C=O) groups excluding carboxylic acids is 1. The van der Waals surface area contributed by atoms with Gasteiger partial charge in [0, 0.05) is 6.42 Å². The molecule has 0 spiro atoms. The van der Waals surface area contributed by atoms with Gasteiger partial charge in [-0.05, 0) is 57.8 Å². The molecule has 19 nitrogen and oxygen atoms in total. The van der Waals surface area contributed by atoms with Crippen LogP contribution in [0.2, 0.25) is 0 Å². The third kappa shape index (κ3) is 40.1. The molecule has 1 amide bonds. The molecule has 3 heterocycles. The Bertz CT molecular complexity index is 1960. The normalized spacial score (nSPS) is 27.0. The van der Waals surface area contributed by atoms with Gasteiger partial charge in [0.2, 0.25) is 5.91 Å². The molecule has 574 valence electrons. The molecule has 3 aliphatic heterocycles. The van der Waals surface area contributed by atoms with Crippen LogP contribution in [0.5, 0.6) is 0 Å². The van der Waals surface area contributed by atoms with Crippen LogP contribution in [0.15, 0.2) is 48.6 Å². The highest BCUT2D eigenvalue weighted by Crippen LogP contribution is 2.33. The van der Waals surface area contributed by atoms with Crippen LogP contribution in [0.3, 0.4) is 0 Å². The number of allylic oxidation sites excluding steroid dienone is 7. The summed E-state index contributed by atoms with van der Waals surface area (Å²) in [7, 11) is 0. The van der Waals surface area contributed by atoms with Gasteiger partial charge >= 0.3 is 0 Å². The first-order chi connectivity index (χ1) is 47.8. The Labute approximate surface area is 593 Å². The van der Waals surface area contributed by atoms with E-state index in [0.717, 1.165) is 70.6 Å². The monoisotopic (exact) mass is 1400 g/mol. The van der Waals surface area contributed by atoms with Crippen LogP contribution in [0.1, 0.15) is 316 Å². The lowest BCUT2D eigenvalue weighted by molar-refractivity contribution is -0.379. The number of aliphatic hydroxyl groups is 11. The molecule has 17 unspecified atom stereocenters. The largest absolute Gasteiger partial charge is 0.394 e. The molecule has 3 saturated heterocycles. The Balaban J connectivity index is 1.39. The standard InChI is InChI=1S/C79H145NO18/c1-3-5-7-9-11-13-15-17-19-21-23-25-27-29-30-31-33-34-36-38-40-42-44-46-48-50-52-54-56-63(84)62(80-67(85)57-55-53-51-49-47-45-43-41-39-37-35-32-28-26-24-22-20-18-16-14-12-10-8-6-4-2)61-93-77-73(91)70(88)75(65(59-82)95-77)98-79-74(92)71(89)76(66(60-83)96-79)97-78-72(90)69(87)68(86)64(58-81)94-78/h16,18,22,24,28,32,54,56,62-66,68-79,81-84,86-92H,3-15,17,19-21,23,25-27,29-31,33-53,55,57-61H2,1-2H3,(H,80,85)/b18-16-,24-22-,32-28-,56-54+. The van der Waals surface area contributed by atoms with E-state index in [1.807, 2.05) is 6.08 Å². The summed E-state index contributed by atoms with van der Waals surface area (Å²) >= 11 is 0. The number of ether oxygens (including phenoxy) is 6. The van der Waals surface area contributed by atoms with E-state index in [4.69, 9.17) is 28.4 Å². The van der Waals surface area contributed by atoms with Crippen LogP contribution < -0.4 is 5.32 Å². The molecule has 0 aromatic heterocycles. The third-order valence-electron chi connectivity index (χ3n) is 19.9. The maximum Gasteiger partial charge on any atom is 0.220 e. The first-order valence-corrected chi connectivity index (χ1v) is 39.9. The second-order valence-electron chi connectivity index (χ2n) is 28.5. The van der Waals surface area contributed by atoms with Crippen molar-refractivity contribution in [2.24, 2.45) is 0 Å². The van der Waals surface area contributed by atoms with Crippen LogP contribution in [0, 0.1) is 0 Å². The van der Waals surface area contributed by atoms with Gasteiger partial charge in [-0.2, -0.15) is 0 Å². The molecule has 19 heteroatoms. The van der Waals surface area contributed by atoms with Crippen LogP contribution in [-0.2, 0) is 33.2 Å². The molecule has 3 aliphatic rings. The van der Waals surface area contributed by atoms with E-state index in [2.05, 4.69) is 55.6 Å². The van der Waals surface area contributed by atoms with Crippen LogP contribution in [0.4, 0.5) is 0 Å². The predicted octanol–water partition coefficient (Wildman–Crippen LogP) is 12.9. The van der Waals surface area contributed by atoms with E-state index in [-0.39, 0.29) is 18.9 Å². The Morgan fingerprint density at radius 2 is 0.673 bits per heavy atom. The number of unbranched alkanes of at least 4 members (excludes halogenated alkanes) is 41. The maximum atomic E-state index is 13.5. The minimum atomic E-state index is -1.98. The summed E-state index contributed by atoms with van der Waals surface area (Å²) < 4.78 is 34.5. The lowest BCUT2D eigenvalue weighted by atomic mass is 9.96. The molecule has 0 bridgehead atoms. The maximum absolute atomic E-state index is 13.5. The molecule has 0 aliphatic carbocycles. The molecular weight excluding hydrogens is 1250 g/mol. The summed E-state index contributed by atoms with van der Waals surface area (Å²) in [6.07, 6.45) is 48.0. The summed E-state index contributed by atoms with van der Waals surface area (Å²) in [4.78, 5) is 13.5. The number of carbonyl (C=O) groups is 1. The lowest BCUT2D eigenvalue weighted by Crippen LogP contribution is -2.66. The fourth-order valence-electron chi connectivity index (χ4n) is 13.4.